The summed E-state index contributed by atoms with van der Waals surface area (Å²) in [7, 11) is 0. The number of carbonyl (C=O) groups excluding carboxylic acids is 1. The molecule has 6 heterocycles. The molecule has 1 amide bonds. The lowest BCUT2D eigenvalue weighted by molar-refractivity contribution is 0.0994. The maximum Gasteiger partial charge on any atom is 0.269 e. The molecule has 1 saturated heterocycles. The zero-order chi connectivity index (χ0) is 32.2. The number of benzene rings is 1. The van der Waals surface area contributed by atoms with E-state index in [4.69, 9.17) is 15.1 Å². The number of anilines is 1. The summed E-state index contributed by atoms with van der Waals surface area (Å²) in [5, 5.41) is 18.5. The Kier molecular flexibility index (Phi) is 7.47. The maximum absolute atomic E-state index is 11.4. The number of oxazole rings is 1. The molecule has 0 spiro atoms. The van der Waals surface area contributed by atoms with E-state index in [0.717, 1.165) is 58.8 Å². The molecule has 12 heteroatoms. The van der Waals surface area contributed by atoms with E-state index in [2.05, 4.69) is 73.0 Å². The van der Waals surface area contributed by atoms with Crippen LogP contribution in [0.15, 0.2) is 58.3 Å². The molecule has 2 unspecified atom stereocenters. The van der Waals surface area contributed by atoms with E-state index in [1.807, 2.05) is 13.0 Å². The van der Waals surface area contributed by atoms with E-state index >= 15 is 0 Å². The van der Waals surface area contributed by atoms with Crippen molar-refractivity contribution < 1.29 is 9.21 Å². The van der Waals surface area contributed by atoms with Gasteiger partial charge in [0, 0.05) is 29.1 Å². The van der Waals surface area contributed by atoms with Gasteiger partial charge in [0.15, 0.2) is 23.2 Å². The zero-order valence-corrected chi connectivity index (χ0v) is 27.6. The lowest BCUT2D eigenvalue weighted by atomic mass is 9.64. The van der Waals surface area contributed by atoms with Crippen LogP contribution in [0.25, 0.3) is 5.00 Å². The average molecular weight is 648 g/mol. The highest BCUT2D eigenvalue weighted by atomic mass is 32.1. The van der Waals surface area contributed by atoms with E-state index < -0.39 is 5.91 Å². The van der Waals surface area contributed by atoms with Crippen LogP contribution in [0, 0.1) is 32.6 Å². The van der Waals surface area contributed by atoms with Crippen LogP contribution >= 0.6 is 11.3 Å². The van der Waals surface area contributed by atoms with Gasteiger partial charge in [-0.3, -0.25) is 14.4 Å². The number of hydrogen-bond donors (Lipinski definition) is 1. The molecular formula is C35H37N9O2S. The fraction of sp³-hybridized carbons (Fsp3) is 0.400. The average Bonchev–Trinajstić information content (AvgIpc) is 3.76. The van der Waals surface area contributed by atoms with Gasteiger partial charge < -0.3 is 15.1 Å². The number of thiophene rings is 1. The van der Waals surface area contributed by atoms with Gasteiger partial charge in [-0.1, -0.05) is 24.3 Å². The molecule has 2 atom stereocenters. The number of fused-ring (bicyclic) bond motifs is 3. The van der Waals surface area contributed by atoms with Gasteiger partial charge in [0.2, 0.25) is 0 Å². The molecule has 4 aromatic heterocycles. The molecule has 3 aliphatic rings. The zero-order valence-electron chi connectivity index (χ0n) is 26.8. The van der Waals surface area contributed by atoms with E-state index in [1.54, 1.807) is 29.9 Å². The Balaban J connectivity index is 1.01. The van der Waals surface area contributed by atoms with Crippen molar-refractivity contribution in [1.29, 1.82) is 0 Å². The topological polar surface area (TPSA) is 141 Å². The fourth-order valence-electron chi connectivity index (χ4n) is 7.50. The Hall–Kier alpha value is -4.71. The van der Waals surface area contributed by atoms with Crippen LogP contribution in [0.4, 0.5) is 5.82 Å². The van der Waals surface area contributed by atoms with Crippen LogP contribution in [0.5, 0.6) is 0 Å². The Morgan fingerprint density at radius 3 is 2.57 bits per heavy atom. The molecule has 47 heavy (non-hydrogen) atoms. The molecule has 1 aliphatic carbocycles. The van der Waals surface area contributed by atoms with Crippen molar-refractivity contribution >= 4 is 28.8 Å². The molecule has 2 aliphatic heterocycles. The number of nitrogens with zero attached hydrogens (tertiary/aromatic N) is 8. The van der Waals surface area contributed by atoms with E-state index in [1.165, 1.54) is 35.3 Å². The van der Waals surface area contributed by atoms with Crippen molar-refractivity contribution in [2.75, 3.05) is 18.0 Å². The van der Waals surface area contributed by atoms with Gasteiger partial charge in [0.1, 0.15) is 23.1 Å². The molecule has 11 nitrogen and oxygen atoms in total. The lowest BCUT2D eigenvalue weighted by Gasteiger charge is -2.45. The highest BCUT2D eigenvalue weighted by Gasteiger charge is 2.38. The summed E-state index contributed by atoms with van der Waals surface area (Å²) >= 11 is 1.77. The standard InChI is InChI=1S/C35H37N9O2S/c1-19-20(2)47-35-31(19)32(38-28(17-30-37-12-14-46-30)34-42-39-21(3)44(34)35)23-8-6-22(7-9-23)25-15-26(16-25)24-5-4-13-43(18-24)29-11-10-27(33(36)45)40-41-29/h6-12,14,24-26,28H,4-5,13,15-18H2,1-3H3,(H2,36,45). The van der Waals surface area contributed by atoms with Crippen LogP contribution in [-0.4, -0.2) is 54.7 Å². The van der Waals surface area contributed by atoms with E-state index in [9.17, 15) is 4.79 Å². The summed E-state index contributed by atoms with van der Waals surface area (Å²) in [6, 6.07) is 12.3. The molecule has 5 aromatic rings. The summed E-state index contributed by atoms with van der Waals surface area (Å²) in [4.78, 5) is 24.7. The molecule has 240 valence electrons. The molecule has 0 radical (unpaired) electrons. The monoisotopic (exact) mass is 647 g/mol. The summed E-state index contributed by atoms with van der Waals surface area (Å²) in [6.45, 7) is 8.30. The summed E-state index contributed by atoms with van der Waals surface area (Å²) in [5.74, 6) is 4.45. The number of carbonyl (C=O) groups is 1. The van der Waals surface area contributed by atoms with Gasteiger partial charge in [0.05, 0.1) is 18.3 Å². The first-order valence-electron chi connectivity index (χ1n) is 16.3. The number of aromatic nitrogens is 6. The Bertz CT molecular complexity index is 1950. The normalized spacial score (nSPS) is 22.2. The second kappa shape index (κ2) is 11.8. The highest BCUT2D eigenvalue weighted by molar-refractivity contribution is 7.15. The third-order valence-electron chi connectivity index (χ3n) is 10.3. The number of aryl methyl sites for hydroxylation is 2. The van der Waals surface area contributed by atoms with Crippen molar-refractivity contribution in [2.45, 2.75) is 64.8 Å². The van der Waals surface area contributed by atoms with Crippen LogP contribution in [0.1, 0.15) is 92.8 Å². The van der Waals surface area contributed by atoms with Gasteiger partial charge in [-0.15, -0.1) is 31.7 Å². The van der Waals surface area contributed by atoms with Crippen LogP contribution < -0.4 is 10.6 Å². The van der Waals surface area contributed by atoms with Crippen molar-refractivity contribution in [3.05, 3.63) is 99.2 Å². The first-order valence-corrected chi connectivity index (χ1v) is 17.1. The number of rotatable bonds is 7. The highest BCUT2D eigenvalue weighted by Crippen LogP contribution is 2.48. The van der Waals surface area contributed by atoms with Gasteiger partial charge in [-0.2, -0.15) is 0 Å². The lowest BCUT2D eigenvalue weighted by Crippen LogP contribution is -2.42. The quantitative estimate of drug-likeness (QED) is 0.238. The fourth-order valence-corrected chi connectivity index (χ4v) is 8.72. The smallest absolute Gasteiger partial charge is 0.269 e. The number of nitrogens with two attached hydrogens (primary N) is 1. The second-order valence-corrected chi connectivity index (χ2v) is 14.3. The molecular weight excluding hydrogens is 611 g/mol. The minimum atomic E-state index is -0.551. The van der Waals surface area contributed by atoms with Crippen LogP contribution in [0.2, 0.25) is 0 Å². The number of aliphatic imine (C=N–C) groups is 1. The third-order valence-corrected chi connectivity index (χ3v) is 11.5. The summed E-state index contributed by atoms with van der Waals surface area (Å²) in [6.07, 6.45) is 8.55. The number of piperidine rings is 1. The first kappa shape index (κ1) is 29.7. The van der Waals surface area contributed by atoms with Crippen molar-refractivity contribution in [1.82, 2.24) is 29.9 Å². The van der Waals surface area contributed by atoms with Crippen molar-refractivity contribution in [3.63, 3.8) is 0 Å². The van der Waals surface area contributed by atoms with Gasteiger partial charge in [-0.05, 0) is 87.5 Å². The Morgan fingerprint density at radius 2 is 1.85 bits per heavy atom. The molecule has 8 rings (SSSR count). The largest absolute Gasteiger partial charge is 0.449 e. The van der Waals surface area contributed by atoms with Gasteiger partial charge >= 0.3 is 0 Å². The SMILES string of the molecule is Cc1sc2c(c1C)C(c1ccc(C3CC(C4CCCN(c5ccc(C(N)=O)nn5)C4)C3)cc1)=NC(Cc1ncco1)c1nnc(C)n1-2. The van der Waals surface area contributed by atoms with Gasteiger partial charge in [-0.25, -0.2) is 4.98 Å². The maximum atomic E-state index is 11.4. The number of hydrogen-bond acceptors (Lipinski definition) is 10. The van der Waals surface area contributed by atoms with Gasteiger partial charge in [0.25, 0.3) is 5.91 Å². The minimum absolute atomic E-state index is 0.201. The van der Waals surface area contributed by atoms with Crippen molar-refractivity contribution in [3.8, 4) is 5.00 Å². The van der Waals surface area contributed by atoms with Crippen LogP contribution in [0.3, 0.4) is 0 Å². The molecule has 1 saturated carbocycles. The summed E-state index contributed by atoms with van der Waals surface area (Å²) < 4.78 is 7.80. The predicted molar refractivity (Wildman–Crippen MR) is 179 cm³/mol. The Labute approximate surface area is 277 Å². The van der Waals surface area contributed by atoms with E-state index in [-0.39, 0.29) is 11.7 Å². The number of amides is 1. The summed E-state index contributed by atoms with van der Waals surface area (Å²) in [5.41, 5.74) is 11.4. The molecule has 2 fully saturated rings. The first-order chi connectivity index (χ1) is 22.8. The number of primary amides is 1. The molecule has 0 bridgehead atoms. The molecule has 1 aromatic carbocycles. The third kappa shape index (κ3) is 5.34. The minimum Gasteiger partial charge on any atom is -0.449 e. The van der Waals surface area contributed by atoms with Crippen molar-refractivity contribution in [2.24, 2.45) is 22.6 Å². The second-order valence-electron chi connectivity index (χ2n) is 13.1. The van der Waals surface area contributed by atoms with E-state index in [0.29, 0.717) is 30.1 Å². The van der Waals surface area contributed by atoms with Crippen LogP contribution in [-0.2, 0) is 6.42 Å². The predicted octanol–water partition coefficient (Wildman–Crippen LogP) is 5.68. The molecule has 2 N–H and O–H groups in total. The Morgan fingerprint density at radius 1 is 1.02 bits per heavy atom.